The number of aryl methyl sites for hydroxylation is 1. The minimum Gasteiger partial charge on any atom is -0.507 e. The normalized spacial score (nSPS) is 17.5. The highest BCUT2D eigenvalue weighted by atomic mass is 16.5. The summed E-state index contributed by atoms with van der Waals surface area (Å²) in [6.45, 7) is 10.3. The summed E-state index contributed by atoms with van der Waals surface area (Å²) in [4.78, 5) is 28.1. The third kappa shape index (κ3) is 4.49. The maximum absolute atomic E-state index is 13.4. The molecule has 0 radical (unpaired) electrons. The van der Waals surface area contributed by atoms with Gasteiger partial charge in [-0.2, -0.15) is 0 Å². The summed E-state index contributed by atoms with van der Waals surface area (Å²) in [7, 11) is 1.49. The summed E-state index contributed by atoms with van der Waals surface area (Å²) >= 11 is 0. The second-order valence-corrected chi connectivity index (χ2v) is 9.71. The molecule has 3 aromatic rings. The molecule has 1 fully saturated rings. The van der Waals surface area contributed by atoms with E-state index in [1.807, 2.05) is 13.0 Å². The molecule has 36 heavy (non-hydrogen) atoms. The highest BCUT2D eigenvalue weighted by Crippen LogP contribution is 2.44. The smallest absolute Gasteiger partial charge is 0.300 e. The Balaban J connectivity index is 1.93. The van der Waals surface area contributed by atoms with Crippen LogP contribution in [-0.2, 0) is 15.0 Å². The predicted molar refractivity (Wildman–Crippen MR) is 138 cm³/mol. The molecule has 1 amide bonds. The van der Waals surface area contributed by atoms with Gasteiger partial charge in [0.1, 0.15) is 34.8 Å². The summed E-state index contributed by atoms with van der Waals surface area (Å²) in [5.74, 6) is 0.148. The van der Waals surface area contributed by atoms with Crippen LogP contribution in [-0.4, -0.2) is 30.5 Å². The SMILES string of the molecule is CCOc1ccc(N2C(=O)C(=O)/C(=C(/O)c3cc(C(C)(C)C)ccc3OC)C2c2ccc(C)o2)cc1. The highest BCUT2D eigenvalue weighted by molar-refractivity contribution is 6.51. The van der Waals surface area contributed by atoms with Gasteiger partial charge in [-0.05, 0) is 73.4 Å². The Morgan fingerprint density at radius 2 is 1.75 bits per heavy atom. The first kappa shape index (κ1) is 25.1. The van der Waals surface area contributed by atoms with Crippen molar-refractivity contribution in [1.82, 2.24) is 0 Å². The van der Waals surface area contributed by atoms with Crippen LogP contribution in [0.25, 0.3) is 5.76 Å². The largest absolute Gasteiger partial charge is 0.507 e. The minimum absolute atomic E-state index is 0.0624. The lowest BCUT2D eigenvalue weighted by molar-refractivity contribution is -0.132. The van der Waals surface area contributed by atoms with E-state index in [2.05, 4.69) is 20.8 Å². The second-order valence-electron chi connectivity index (χ2n) is 9.71. The van der Waals surface area contributed by atoms with Crippen LogP contribution >= 0.6 is 0 Å². The van der Waals surface area contributed by atoms with Crippen LogP contribution in [0.1, 0.15) is 56.4 Å². The summed E-state index contributed by atoms with van der Waals surface area (Å²) < 4.78 is 16.9. The van der Waals surface area contributed by atoms with Crippen molar-refractivity contribution in [2.24, 2.45) is 0 Å². The maximum Gasteiger partial charge on any atom is 0.300 e. The van der Waals surface area contributed by atoms with Gasteiger partial charge in [-0.25, -0.2) is 0 Å². The van der Waals surface area contributed by atoms with Gasteiger partial charge < -0.3 is 19.0 Å². The lowest BCUT2D eigenvalue weighted by Gasteiger charge is -2.24. The van der Waals surface area contributed by atoms with Crippen molar-refractivity contribution in [3.8, 4) is 11.5 Å². The van der Waals surface area contributed by atoms with E-state index in [1.165, 1.54) is 12.0 Å². The Labute approximate surface area is 210 Å². The summed E-state index contributed by atoms with van der Waals surface area (Å²) in [5, 5.41) is 11.6. The van der Waals surface area contributed by atoms with Gasteiger partial charge in [0.15, 0.2) is 0 Å². The van der Waals surface area contributed by atoms with Crippen molar-refractivity contribution in [1.29, 1.82) is 0 Å². The van der Waals surface area contributed by atoms with Gasteiger partial charge >= 0.3 is 0 Å². The Hall–Kier alpha value is -4.00. The van der Waals surface area contributed by atoms with Gasteiger partial charge in [-0.1, -0.05) is 26.8 Å². The topological polar surface area (TPSA) is 89.2 Å². The summed E-state index contributed by atoms with van der Waals surface area (Å²) in [6, 6.07) is 14.9. The Bertz CT molecular complexity index is 1330. The van der Waals surface area contributed by atoms with E-state index in [0.717, 1.165) is 5.56 Å². The van der Waals surface area contributed by atoms with Gasteiger partial charge in [-0.15, -0.1) is 0 Å². The molecule has 1 atom stereocenters. The van der Waals surface area contributed by atoms with E-state index in [1.54, 1.807) is 55.5 Å². The summed E-state index contributed by atoms with van der Waals surface area (Å²) in [6.07, 6.45) is 0. The van der Waals surface area contributed by atoms with Crippen molar-refractivity contribution >= 4 is 23.1 Å². The molecule has 1 aromatic heterocycles. The first-order valence-electron chi connectivity index (χ1n) is 11.9. The van der Waals surface area contributed by atoms with Crippen LogP contribution in [0.4, 0.5) is 5.69 Å². The number of anilines is 1. The molecule has 1 unspecified atom stereocenters. The number of carbonyl (C=O) groups is 2. The Morgan fingerprint density at radius 1 is 1.06 bits per heavy atom. The third-order valence-corrected chi connectivity index (χ3v) is 6.22. The number of carbonyl (C=O) groups excluding carboxylic acids is 2. The van der Waals surface area contributed by atoms with Gasteiger partial charge in [-0.3, -0.25) is 14.5 Å². The minimum atomic E-state index is -0.959. The molecular formula is C29H31NO6. The second kappa shape index (κ2) is 9.57. The molecule has 0 bridgehead atoms. The van der Waals surface area contributed by atoms with Crippen molar-refractivity contribution < 1.29 is 28.6 Å². The van der Waals surface area contributed by atoms with Gasteiger partial charge in [0, 0.05) is 5.69 Å². The fraction of sp³-hybridized carbons (Fsp3) is 0.310. The average molecular weight is 490 g/mol. The van der Waals surface area contributed by atoms with E-state index in [0.29, 0.717) is 40.9 Å². The maximum atomic E-state index is 13.4. The molecule has 0 saturated carbocycles. The van der Waals surface area contributed by atoms with Crippen molar-refractivity contribution in [3.63, 3.8) is 0 Å². The Morgan fingerprint density at radius 3 is 2.31 bits per heavy atom. The molecule has 0 spiro atoms. The molecule has 7 nitrogen and oxygen atoms in total. The molecule has 188 valence electrons. The number of nitrogens with zero attached hydrogens (tertiary/aromatic N) is 1. The zero-order valence-electron chi connectivity index (χ0n) is 21.4. The number of hydrogen-bond donors (Lipinski definition) is 1. The zero-order valence-corrected chi connectivity index (χ0v) is 21.4. The number of aliphatic hydroxyl groups excluding tert-OH is 1. The number of amides is 1. The average Bonchev–Trinajstić information content (AvgIpc) is 3.39. The number of ether oxygens (including phenoxy) is 2. The molecule has 1 N–H and O–H groups in total. The van der Waals surface area contributed by atoms with Crippen molar-refractivity contribution in [2.75, 3.05) is 18.6 Å². The number of ketones is 1. The van der Waals surface area contributed by atoms with Crippen LogP contribution in [0.15, 0.2) is 64.6 Å². The zero-order chi connectivity index (χ0) is 26.2. The van der Waals surface area contributed by atoms with Crippen LogP contribution in [0.3, 0.4) is 0 Å². The van der Waals surface area contributed by atoms with E-state index in [4.69, 9.17) is 13.9 Å². The fourth-order valence-corrected chi connectivity index (χ4v) is 4.34. The fourth-order valence-electron chi connectivity index (χ4n) is 4.34. The van der Waals surface area contributed by atoms with Gasteiger partial charge in [0.25, 0.3) is 11.7 Å². The van der Waals surface area contributed by atoms with E-state index in [9.17, 15) is 14.7 Å². The van der Waals surface area contributed by atoms with Gasteiger partial charge in [0.05, 0.1) is 24.9 Å². The molecule has 1 aliphatic heterocycles. The van der Waals surface area contributed by atoms with Crippen LogP contribution < -0.4 is 14.4 Å². The van der Waals surface area contributed by atoms with E-state index < -0.39 is 17.7 Å². The van der Waals surface area contributed by atoms with E-state index in [-0.39, 0.29) is 16.7 Å². The van der Waals surface area contributed by atoms with Crippen LogP contribution in [0.2, 0.25) is 0 Å². The van der Waals surface area contributed by atoms with Crippen LogP contribution in [0, 0.1) is 6.92 Å². The highest BCUT2D eigenvalue weighted by Gasteiger charge is 2.48. The van der Waals surface area contributed by atoms with E-state index >= 15 is 0 Å². The Kier molecular flexibility index (Phi) is 6.67. The molecule has 7 heteroatoms. The van der Waals surface area contributed by atoms with Gasteiger partial charge in [0.2, 0.25) is 0 Å². The van der Waals surface area contributed by atoms with Crippen molar-refractivity contribution in [3.05, 3.63) is 82.8 Å². The first-order valence-corrected chi connectivity index (χ1v) is 11.9. The molecule has 2 heterocycles. The molecule has 1 aliphatic rings. The number of rotatable bonds is 6. The lowest BCUT2D eigenvalue weighted by Crippen LogP contribution is -2.29. The van der Waals surface area contributed by atoms with Crippen LogP contribution in [0.5, 0.6) is 11.5 Å². The number of furan rings is 1. The lowest BCUT2D eigenvalue weighted by atomic mass is 9.85. The predicted octanol–water partition coefficient (Wildman–Crippen LogP) is 5.92. The molecule has 0 aliphatic carbocycles. The number of methoxy groups -OCH3 is 1. The number of aliphatic hydroxyl groups is 1. The molecule has 2 aromatic carbocycles. The summed E-state index contributed by atoms with van der Waals surface area (Å²) in [5.41, 5.74) is 1.48. The monoisotopic (exact) mass is 489 g/mol. The quantitative estimate of drug-likeness (QED) is 0.263. The number of hydrogen-bond acceptors (Lipinski definition) is 6. The van der Waals surface area contributed by atoms with Crippen molar-refractivity contribution in [2.45, 2.75) is 46.1 Å². The molecular weight excluding hydrogens is 458 g/mol. The number of Topliss-reactive ketones (excluding diaryl/α,β-unsaturated/α-hetero) is 1. The molecule has 4 rings (SSSR count). The molecule has 1 saturated heterocycles. The first-order chi connectivity index (χ1) is 17.1. The standard InChI is InChI=1S/C29H31NO6/c1-7-35-20-12-10-19(11-13-20)30-25(23-14-8-17(2)36-23)24(27(32)28(30)33)26(31)21-16-18(29(3,4)5)9-15-22(21)34-6/h8-16,25,31H,7H2,1-6H3/b26-24+. The third-order valence-electron chi connectivity index (χ3n) is 6.22. The number of benzene rings is 2.